The van der Waals surface area contributed by atoms with Crippen LogP contribution in [0.25, 0.3) is 0 Å². The number of carbonyl (C=O) groups excluding carboxylic acids is 2. The van der Waals surface area contributed by atoms with E-state index in [2.05, 4.69) is 19.9 Å². The lowest BCUT2D eigenvalue weighted by Crippen LogP contribution is -2.32. The zero-order chi connectivity index (χ0) is 22.4. The van der Waals surface area contributed by atoms with Gasteiger partial charge in [-0.3, -0.25) is 4.79 Å². The Labute approximate surface area is 193 Å². The van der Waals surface area contributed by atoms with Gasteiger partial charge in [0.25, 0.3) is 5.91 Å². The van der Waals surface area contributed by atoms with E-state index in [4.69, 9.17) is 27.9 Å². The summed E-state index contributed by atoms with van der Waals surface area (Å²) in [6, 6.07) is 9.39. The highest BCUT2D eigenvalue weighted by molar-refractivity contribution is 7.98. The number of hydrogen-bond acceptors (Lipinski definition) is 7. The number of aromatic amines is 1. The van der Waals surface area contributed by atoms with Crippen LogP contribution in [-0.2, 0) is 17.8 Å². The molecule has 3 aromatic rings. The molecule has 2 aromatic heterocycles. The maximum absolute atomic E-state index is 13.4. The van der Waals surface area contributed by atoms with Gasteiger partial charge in [0.05, 0.1) is 25.2 Å². The van der Waals surface area contributed by atoms with Gasteiger partial charge in [0, 0.05) is 6.54 Å². The first-order valence-corrected chi connectivity index (χ1v) is 11.2. The van der Waals surface area contributed by atoms with Crippen LogP contribution >= 0.6 is 35.0 Å². The van der Waals surface area contributed by atoms with Crippen molar-refractivity contribution in [3.8, 4) is 0 Å². The molecule has 162 valence electrons. The second kappa shape index (κ2) is 10.6. The van der Waals surface area contributed by atoms with Crippen molar-refractivity contribution in [1.29, 1.82) is 0 Å². The summed E-state index contributed by atoms with van der Waals surface area (Å²) < 4.78 is 5.05. The highest BCUT2D eigenvalue weighted by atomic mass is 35.5. The number of nitrogens with one attached hydrogen (secondary N) is 1. The fourth-order valence-electron chi connectivity index (χ4n) is 2.83. The summed E-state index contributed by atoms with van der Waals surface area (Å²) in [5, 5.41) is 0.282. The summed E-state index contributed by atoms with van der Waals surface area (Å²) in [7, 11) is 0. The summed E-state index contributed by atoms with van der Waals surface area (Å²) in [6.07, 6.45) is 3.16. The molecule has 1 aromatic carbocycles. The number of rotatable bonds is 8. The van der Waals surface area contributed by atoms with Crippen LogP contribution in [0.5, 0.6) is 0 Å². The van der Waals surface area contributed by atoms with E-state index in [0.29, 0.717) is 10.9 Å². The third-order valence-electron chi connectivity index (χ3n) is 4.24. The number of halogens is 2. The summed E-state index contributed by atoms with van der Waals surface area (Å²) in [5.41, 5.74) is 1.41. The van der Waals surface area contributed by atoms with E-state index in [0.717, 1.165) is 5.56 Å². The summed E-state index contributed by atoms with van der Waals surface area (Å²) in [4.78, 5) is 42.3. The van der Waals surface area contributed by atoms with Crippen LogP contribution in [0.1, 0.15) is 39.0 Å². The zero-order valence-corrected chi connectivity index (χ0v) is 19.1. The number of nitrogens with zero attached hydrogens (tertiary/aromatic N) is 4. The first-order valence-electron chi connectivity index (χ1n) is 9.24. The predicted molar refractivity (Wildman–Crippen MR) is 118 cm³/mol. The van der Waals surface area contributed by atoms with Crippen molar-refractivity contribution >= 4 is 46.8 Å². The molecule has 0 bridgehead atoms. The number of aromatic nitrogens is 4. The Kier molecular flexibility index (Phi) is 7.89. The molecule has 0 aliphatic rings. The fraction of sp³-hybridized carbons (Fsp3) is 0.250. The van der Waals surface area contributed by atoms with Gasteiger partial charge in [-0.15, -0.1) is 0 Å². The Morgan fingerprint density at radius 3 is 2.42 bits per heavy atom. The van der Waals surface area contributed by atoms with Gasteiger partial charge in [-0.25, -0.2) is 19.7 Å². The molecule has 0 aliphatic carbocycles. The predicted octanol–water partition coefficient (Wildman–Crippen LogP) is 4.25. The van der Waals surface area contributed by atoms with Crippen molar-refractivity contribution in [2.24, 2.45) is 0 Å². The fourth-order valence-corrected chi connectivity index (χ4v) is 3.84. The molecule has 2 heterocycles. The van der Waals surface area contributed by atoms with Crippen LogP contribution in [0.3, 0.4) is 0 Å². The maximum Gasteiger partial charge on any atom is 0.358 e. The van der Waals surface area contributed by atoms with Crippen molar-refractivity contribution in [1.82, 2.24) is 24.8 Å². The number of carbonyl (C=O) groups is 2. The van der Waals surface area contributed by atoms with E-state index in [1.807, 2.05) is 30.3 Å². The molecule has 0 atom stereocenters. The van der Waals surface area contributed by atoms with E-state index in [9.17, 15) is 9.59 Å². The molecular weight excluding hydrogens is 461 g/mol. The second-order valence-corrected chi connectivity index (χ2v) is 7.75. The van der Waals surface area contributed by atoms with Gasteiger partial charge in [0.1, 0.15) is 15.9 Å². The second-order valence-electron chi connectivity index (χ2n) is 6.26. The summed E-state index contributed by atoms with van der Waals surface area (Å²) >= 11 is 13.8. The molecule has 31 heavy (non-hydrogen) atoms. The first kappa shape index (κ1) is 23.1. The largest absolute Gasteiger partial charge is 0.461 e. The number of benzene rings is 1. The smallest absolute Gasteiger partial charge is 0.358 e. The monoisotopic (exact) mass is 479 g/mol. The molecule has 0 aliphatic heterocycles. The minimum atomic E-state index is -0.574. The number of hydrogen-bond donors (Lipinski definition) is 1. The molecule has 11 heteroatoms. The van der Waals surface area contributed by atoms with Crippen LogP contribution in [0.2, 0.25) is 10.3 Å². The number of esters is 1. The summed E-state index contributed by atoms with van der Waals surface area (Å²) in [5.74, 6) is -1.05. The van der Waals surface area contributed by atoms with Crippen LogP contribution in [0, 0.1) is 0 Å². The van der Waals surface area contributed by atoms with Gasteiger partial charge in [0.2, 0.25) is 0 Å². The quantitative estimate of drug-likeness (QED) is 0.223. The Morgan fingerprint density at radius 2 is 1.81 bits per heavy atom. The molecule has 3 rings (SSSR count). The SMILES string of the molecule is CCOC(=O)c1nc[nH]c1CN(Cc1ccccc1)C(=O)c1c(Cl)nc(SC)nc1Cl. The first-order chi connectivity index (χ1) is 14.9. The zero-order valence-electron chi connectivity index (χ0n) is 16.8. The van der Waals surface area contributed by atoms with Crippen LogP contribution in [-0.4, -0.2) is 49.6 Å². The van der Waals surface area contributed by atoms with E-state index >= 15 is 0 Å². The van der Waals surface area contributed by atoms with Crippen LogP contribution in [0.4, 0.5) is 0 Å². The molecule has 0 radical (unpaired) electrons. The Bertz CT molecular complexity index is 1050. The number of thioether (sulfide) groups is 1. The molecule has 8 nitrogen and oxygen atoms in total. The number of H-pyrrole nitrogens is 1. The molecule has 0 saturated heterocycles. The van der Waals surface area contributed by atoms with E-state index in [1.165, 1.54) is 23.0 Å². The molecule has 1 amide bonds. The molecule has 1 N–H and O–H groups in total. The molecule has 0 unspecified atom stereocenters. The third-order valence-corrected chi connectivity index (χ3v) is 5.33. The molecular formula is C20H19Cl2N5O3S. The van der Waals surface area contributed by atoms with Crippen LogP contribution in [0.15, 0.2) is 41.8 Å². The normalized spacial score (nSPS) is 10.7. The number of ether oxygens (including phenoxy) is 1. The lowest BCUT2D eigenvalue weighted by molar-refractivity contribution is 0.0514. The van der Waals surface area contributed by atoms with Crippen molar-refractivity contribution in [2.45, 2.75) is 25.2 Å². The Hall–Kier alpha value is -2.62. The molecule has 0 spiro atoms. The molecule has 0 fully saturated rings. The van der Waals surface area contributed by atoms with Gasteiger partial charge in [-0.1, -0.05) is 65.3 Å². The van der Waals surface area contributed by atoms with Crippen molar-refractivity contribution in [2.75, 3.05) is 12.9 Å². The van der Waals surface area contributed by atoms with Crippen molar-refractivity contribution in [3.63, 3.8) is 0 Å². The minimum absolute atomic E-state index is 0.00531. The summed E-state index contributed by atoms with van der Waals surface area (Å²) in [6.45, 7) is 2.19. The van der Waals surface area contributed by atoms with E-state index in [1.54, 1.807) is 13.2 Å². The van der Waals surface area contributed by atoms with Gasteiger partial charge < -0.3 is 14.6 Å². The maximum atomic E-state index is 13.4. The van der Waals surface area contributed by atoms with Gasteiger partial charge in [-0.2, -0.15) is 0 Å². The standard InChI is InChI=1S/C20H19Cl2N5O3S/c1-3-30-19(29)15-13(23-11-24-15)10-27(9-12-7-5-4-6-8-12)18(28)14-16(21)25-20(31-2)26-17(14)22/h4-8,11H,3,9-10H2,1-2H3,(H,23,24). The van der Waals surface area contributed by atoms with Crippen LogP contribution < -0.4 is 0 Å². The lowest BCUT2D eigenvalue weighted by atomic mass is 10.1. The van der Waals surface area contributed by atoms with E-state index in [-0.39, 0.29) is 41.3 Å². The topological polar surface area (TPSA) is 101 Å². The number of amides is 1. The lowest BCUT2D eigenvalue weighted by Gasteiger charge is -2.23. The highest BCUT2D eigenvalue weighted by Gasteiger charge is 2.27. The van der Waals surface area contributed by atoms with Crippen molar-refractivity contribution < 1.29 is 14.3 Å². The minimum Gasteiger partial charge on any atom is -0.461 e. The third kappa shape index (κ3) is 5.55. The van der Waals surface area contributed by atoms with E-state index < -0.39 is 11.9 Å². The Morgan fingerprint density at radius 1 is 1.13 bits per heavy atom. The molecule has 0 saturated carbocycles. The van der Waals surface area contributed by atoms with Gasteiger partial charge >= 0.3 is 5.97 Å². The average Bonchev–Trinajstić information content (AvgIpc) is 3.22. The van der Waals surface area contributed by atoms with Gasteiger partial charge in [0.15, 0.2) is 10.9 Å². The highest BCUT2D eigenvalue weighted by Crippen LogP contribution is 2.27. The van der Waals surface area contributed by atoms with Gasteiger partial charge in [-0.05, 0) is 18.7 Å². The Balaban J connectivity index is 1.97. The average molecular weight is 480 g/mol. The number of imidazole rings is 1. The van der Waals surface area contributed by atoms with Crippen molar-refractivity contribution in [3.05, 3.63) is 69.5 Å².